The Kier molecular flexibility index (Phi) is 9.13. The fourth-order valence-electron chi connectivity index (χ4n) is 4.92. The van der Waals surface area contributed by atoms with Crippen LogP contribution in [0.1, 0.15) is 53.4 Å². The minimum Gasteiger partial charge on any atom is -0.459 e. The Labute approximate surface area is 212 Å². The molecule has 1 aromatic carbocycles. The summed E-state index contributed by atoms with van der Waals surface area (Å²) in [5.74, 6) is -0.830. The van der Waals surface area contributed by atoms with Crippen LogP contribution in [-0.2, 0) is 14.3 Å². The zero-order chi connectivity index (χ0) is 25.3. The maximum Gasteiger partial charge on any atom is 0.287 e. The van der Waals surface area contributed by atoms with Gasteiger partial charge in [-0.25, -0.2) is 0 Å². The van der Waals surface area contributed by atoms with E-state index in [1.54, 1.807) is 17.0 Å². The molecule has 1 saturated heterocycles. The quantitative estimate of drug-likeness (QED) is 0.523. The molecule has 0 spiro atoms. The Morgan fingerprint density at radius 1 is 1.08 bits per heavy atom. The predicted octanol–water partition coefficient (Wildman–Crippen LogP) is 2.28. The van der Waals surface area contributed by atoms with Crippen LogP contribution in [0.2, 0.25) is 0 Å². The molecule has 0 unspecified atom stereocenters. The van der Waals surface area contributed by atoms with Crippen LogP contribution < -0.4 is 10.6 Å². The van der Waals surface area contributed by atoms with E-state index in [2.05, 4.69) is 15.5 Å². The number of benzene rings is 1. The van der Waals surface area contributed by atoms with E-state index in [4.69, 9.17) is 9.15 Å². The number of morpholine rings is 1. The van der Waals surface area contributed by atoms with Crippen molar-refractivity contribution in [3.63, 3.8) is 0 Å². The van der Waals surface area contributed by atoms with E-state index < -0.39 is 11.9 Å². The lowest BCUT2D eigenvalue weighted by Gasteiger charge is -2.35. The average molecular weight is 497 g/mol. The van der Waals surface area contributed by atoms with Gasteiger partial charge in [-0.15, -0.1) is 0 Å². The highest BCUT2D eigenvalue weighted by Crippen LogP contribution is 2.26. The van der Waals surface area contributed by atoms with Crippen molar-refractivity contribution in [3.05, 3.63) is 59.5 Å². The van der Waals surface area contributed by atoms with Crippen molar-refractivity contribution < 1.29 is 23.5 Å². The number of carbonyl (C=O) groups is 3. The average Bonchev–Trinajstić information content (AvgIpc) is 3.61. The minimum atomic E-state index is -0.791. The van der Waals surface area contributed by atoms with Gasteiger partial charge in [0.05, 0.1) is 26.0 Å². The first-order valence-corrected chi connectivity index (χ1v) is 12.8. The maximum absolute atomic E-state index is 13.7. The highest BCUT2D eigenvalue weighted by Gasteiger charge is 2.34. The molecule has 1 saturated carbocycles. The number of furan rings is 1. The Hall–Kier alpha value is -3.17. The van der Waals surface area contributed by atoms with Crippen molar-refractivity contribution in [2.75, 3.05) is 45.9 Å². The fraction of sp³-hybridized carbons (Fsp3) is 0.519. The Morgan fingerprint density at radius 2 is 1.83 bits per heavy atom. The van der Waals surface area contributed by atoms with Crippen LogP contribution in [0.25, 0.3) is 0 Å². The van der Waals surface area contributed by atoms with Crippen molar-refractivity contribution in [2.45, 2.75) is 44.7 Å². The maximum atomic E-state index is 13.7. The highest BCUT2D eigenvalue weighted by atomic mass is 16.5. The van der Waals surface area contributed by atoms with E-state index in [9.17, 15) is 14.4 Å². The summed E-state index contributed by atoms with van der Waals surface area (Å²) in [6.07, 6.45) is 5.50. The summed E-state index contributed by atoms with van der Waals surface area (Å²) in [6, 6.07) is 10.2. The summed E-state index contributed by atoms with van der Waals surface area (Å²) in [6.45, 7) is 5.54. The molecule has 1 aliphatic heterocycles. The molecule has 2 N–H and O–H groups in total. The molecule has 1 atom stereocenters. The standard InChI is InChI=1S/C27H36N4O5/c1-20-7-2-5-10-22(20)25(27(34)29-21-8-3-4-9-21)31(13-12-30-14-17-35-18-15-30)24(32)19-28-26(33)23-11-6-16-36-23/h2,5-7,10-11,16,21,25H,3-4,8-9,12-15,17-19H2,1H3,(H,28,33)(H,29,34)/t25-/m0/s1. The number of ether oxygens (including phenoxy) is 1. The lowest BCUT2D eigenvalue weighted by Crippen LogP contribution is -2.51. The molecule has 1 aliphatic carbocycles. The Bertz CT molecular complexity index is 1010. The summed E-state index contributed by atoms with van der Waals surface area (Å²) in [5, 5.41) is 5.84. The van der Waals surface area contributed by atoms with Gasteiger partial charge >= 0.3 is 0 Å². The van der Waals surface area contributed by atoms with Gasteiger partial charge in [0.1, 0.15) is 6.04 Å². The third-order valence-corrected chi connectivity index (χ3v) is 6.97. The van der Waals surface area contributed by atoms with Gasteiger partial charge in [-0.3, -0.25) is 19.3 Å². The van der Waals surface area contributed by atoms with E-state index in [1.807, 2.05) is 31.2 Å². The van der Waals surface area contributed by atoms with Gasteiger partial charge in [0.25, 0.3) is 5.91 Å². The van der Waals surface area contributed by atoms with E-state index in [0.29, 0.717) is 26.3 Å². The molecule has 4 rings (SSSR count). The smallest absolute Gasteiger partial charge is 0.287 e. The second-order valence-corrected chi connectivity index (χ2v) is 9.45. The van der Waals surface area contributed by atoms with Gasteiger partial charge < -0.3 is 24.7 Å². The number of hydrogen-bond donors (Lipinski definition) is 2. The van der Waals surface area contributed by atoms with Gasteiger partial charge in [0, 0.05) is 32.2 Å². The van der Waals surface area contributed by atoms with E-state index >= 15 is 0 Å². The van der Waals surface area contributed by atoms with Crippen molar-refractivity contribution in [1.29, 1.82) is 0 Å². The molecule has 0 radical (unpaired) electrons. The molecular weight excluding hydrogens is 460 g/mol. The van der Waals surface area contributed by atoms with E-state index in [1.165, 1.54) is 6.26 Å². The van der Waals surface area contributed by atoms with Crippen molar-refractivity contribution in [1.82, 2.24) is 20.4 Å². The first-order chi connectivity index (χ1) is 17.5. The van der Waals surface area contributed by atoms with Crippen LogP contribution in [0.15, 0.2) is 47.1 Å². The fourth-order valence-corrected chi connectivity index (χ4v) is 4.92. The molecule has 2 aromatic rings. The molecule has 9 nitrogen and oxygen atoms in total. The normalized spacial score (nSPS) is 17.5. The number of carbonyl (C=O) groups excluding carboxylic acids is 3. The molecule has 0 bridgehead atoms. The van der Waals surface area contributed by atoms with Crippen molar-refractivity contribution in [3.8, 4) is 0 Å². The largest absolute Gasteiger partial charge is 0.459 e. The Balaban J connectivity index is 1.57. The number of aryl methyl sites for hydroxylation is 1. The van der Waals surface area contributed by atoms with Crippen LogP contribution >= 0.6 is 0 Å². The number of nitrogens with one attached hydrogen (secondary N) is 2. The van der Waals surface area contributed by atoms with Crippen LogP contribution in [0.5, 0.6) is 0 Å². The molecule has 9 heteroatoms. The summed E-state index contributed by atoms with van der Waals surface area (Å²) < 4.78 is 10.6. The van der Waals surface area contributed by atoms with Crippen molar-refractivity contribution in [2.24, 2.45) is 0 Å². The zero-order valence-electron chi connectivity index (χ0n) is 20.9. The third kappa shape index (κ3) is 6.73. The monoisotopic (exact) mass is 496 g/mol. The van der Waals surface area contributed by atoms with Crippen LogP contribution in [-0.4, -0.2) is 79.5 Å². The van der Waals surface area contributed by atoms with E-state index in [-0.39, 0.29) is 30.2 Å². The predicted molar refractivity (Wildman–Crippen MR) is 134 cm³/mol. The van der Waals surface area contributed by atoms with Crippen LogP contribution in [0.3, 0.4) is 0 Å². The highest BCUT2D eigenvalue weighted by molar-refractivity contribution is 5.95. The molecule has 3 amide bonds. The number of rotatable bonds is 10. The topological polar surface area (TPSA) is 104 Å². The van der Waals surface area contributed by atoms with Crippen molar-refractivity contribution >= 4 is 17.7 Å². The molecular formula is C27H36N4O5. The van der Waals surface area contributed by atoms with Crippen LogP contribution in [0.4, 0.5) is 0 Å². The molecule has 2 fully saturated rings. The number of hydrogen-bond acceptors (Lipinski definition) is 6. The second-order valence-electron chi connectivity index (χ2n) is 9.45. The summed E-state index contributed by atoms with van der Waals surface area (Å²) in [7, 11) is 0. The van der Waals surface area contributed by atoms with Gasteiger partial charge in [-0.1, -0.05) is 37.1 Å². The molecule has 36 heavy (non-hydrogen) atoms. The summed E-state index contributed by atoms with van der Waals surface area (Å²) >= 11 is 0. The van der Waals surface area contributed by atoms with Gasteiger partial charge in [-0.2, -0.15) is 0 Å². The third-order valence-electron chi connectivity index (χ3n) is 6.97. The zero-order valence-corrected chi connectivity index (χ0v) is 20.9. The van der Waals surface area contributed by atoms with Gasteiger partial charge in [0.15, 0.2) is 5.76 Å². The van der Waals surface area contributed by atoms with Gasteiger partial charge in [0.2, 0.25) is 11.8 Å². The first-order valence-electron chi connectivity index (χ1n) is 12.8. The lowest BCUT2D eigenvalue weighted by molar-refractivity contribution is -0.140. The molecule has 2 heterocycles. The molecule has 194 valence electrons. The van der Waals surface area contributed by atoms with Crippen LogP contribution in [0, 0.1) is 6.92 Å². The van der Waals surface area contributed by atoms with E-state index in [0.717, 1.165) is 49.9 Å². The van der Waals surface area contributed by atoms with Gasteiger partial charge in [-0.05, 0) is 43.0 Å². The SMILES string of the molecule is Cc1ccccc1[C@@H](C(=O)NC1CCCC1)N(CCN1CCOCC1)C(=O)CNC(=O)c1ccco1. The minimum absolute atomic E-state index is 0.124. The lowest BCUT2D eigenvalue weighted by atomic mass is 9.98. The summed E-state index contributed by atoms with van der Waals surface area (Å²) in [5.41, 5.74) is 1.73. The first kappa shape index (κ1) is 25.9. The number of amides is 3. The number of nitrogens with zero attached hydrogens (tertiary/aromatic N) is 2. The molecule has 1 aromatic heterocycles. The Morgan fingerprint density at radius 3 is 2.53 bits per heavy atom. The second kappa shape index (κ2) is 12.7. The molecule has 2 aliphatic rings. The summed E-state index contributed by atoms with van der Waals surface area (Å²) in [4.78, 5) is 43.6.